The first-order valence-electron chi connectivity index (χ1n) is 9.43. The minimum Gasteiger partial charge on any atom is -0.342 e. The highest BCUT2D eigenvalue weighted by Crippen LogP contribution is 2.27. The number of benzene rings is 2. The van der Waals surface area contributed by atoms with Crippen molar-refractivity contribution in [3.8, 4) is 0 Å². The maximum absolute atomic E-state index is 12.6. The maximum atomic E-state index is 12.6. The fourth-order valence-electron chi connectivity index (χ4n) is 3.08. The molecule has 32 heavy (non-hydrogen) atoms. The monoisotopic (exact) mass is 489 g/mol. The molecule has 1 unspecified atom stereocenters. The SMILES string of the molecule is CC(NC(=O)c1ccc(NS(=O)(=O)c2cc(Cl)ccc2Cl)cc1)c1nnc2ccccn12. The quantitative estimate of drug-likeness (QED) is 0.419. The minimum absolute atomic E-state index is 0.0490. The van der Waals surface area contributed by atoms with Crippen LogP contribution in [0.25, 0.3) is 5.65 Å². The summed E-state index contributed by atoms with van der Waals surface area (Å²) in [5.41, 5.74) is 1.31. The highest BCUT2D eigenvalue weighted by molar-refractivity contribution is 7.92. The van der Waals surface area contributed by atoms with E-state index in [0.717, 1.165) is 0 Å². The number of sulfonamides is 1. The number of amides is 1. The molecule has 0 aliphatic rings. The smallest absolute Gasteiger partial charge is 0.263 e. The molecule has 0 saturated heterocycles. The molecule has 4 rings (SSSR count). The summed E-state index contributed by atoms with van der Waals surface area (Å²) in [6.07, 6.45) is 1.82. The second kappa shape index (κ2) is 8.78. The molecule has 0 aliphatic carbocycles. The van der Waals surface area contributed by atoms with Gasteiger partial charge in [-0.2, -0.15) is 0 Å². The Morgan fingerprint density at radius 3 is 2.53 bits per heavy atom. The minimum atomic E-state index is -3.95. The Labute approximate surface area is 194 Å². The number of fused-ring (bicyclic) bond motifs is 1. The van der Waals surface area contributed by atoms with Crippen LogP contribution in [0.1, 0.15) is 29.1 Å². The highest BCUT2D eigenvalue weighted by Gasteiger charge is 2.20. The van der Waals surface area contributed by atoms with E-state index in [1.807, 2.05) is 24.4 Å². The van der Waals surface area contributed by atoms with E-state index in [4.69, 9.17) is 23.2 Å². The van der Waals surface area contributed by atoms with Gasteiger partial charge in [0.1, 0.15) is 4.90 Å². The van der Waals surface area contributed by atoms with Gasteiger partial charge in [0, 0.05) is 22.5 Å². The predicted molar refractivity (Wildman–Crippen MR) is 123 cm³/mol. The van der Waals surface area contributed by atoms with Crippen molar-refractivity contribution in [2.24, 2.45) is 0 Å². The topological polar surface area (TPSA) is 105 Å². The van der Waals surface area contributed by atoms with E-state index < -0.39 is 16.1 Å². The van der Waals surface area contributed by atoms with Gasteiger partial charge in [0.2, 0.25) is 0 Å². The number of pyridine rings is 1. The number of nitrogens with one attached hydrogen (secondary N) is 2. The van der Waals surface area contributed by atoms with Crippen molar-refractivity contribution in [3.63, 3.8) is 0 Å². The summed E-state index contributed by atoms with van der Waals surface area (Å²) in [4.78, 5) is 12.5. The first kappa shape index (κ1) is 22.1. The van der Waals surface area contributed by atoms with Crippen LogP contribution >= 0.6 is 23.2 Å². The molecule has 0 aliphatic heterocycles. The van der Waals surface area contributed by atoms with Crippen LogP contribution in [0, 0.1) is 0 Å². The summed E-state index contributed by atoms with van der Waals surface area (Å²) in [5.74, 6) is 0.259. The molecule has 2 aromatic carbocycles. The number of hydrogen-bond donors (Lipinski definition) is 2. The molecular weight excluding hydrogens is 473 g/mol. The van der Waals surface area contributed by atoms with Gasteiger partial charge in [0.15, 0.2) is 11.5 Å². The molecule has 1 amide bonds. The third-order valence-corrected chi connectivity index (χ3v) is 6.76. The van der Waals surface area contributed by atoms with Crippen molar-refractivity contribution >= 4 is 50.5 Å². The van der Waals surface area contributed by atoms with Gasteiger partial charge in [0.25, 0.3) is 15.9 Å². The zero-order valence-corrected chi connectivity index (χ0v) is 19.0. The Kier molecular flexibility index (Phi) is 6.05. The Morgan fingerprint density at radius 2 is 1.78 bits per heavy atom. The summed E-state index contributed by atoms with van der Waals surface area (Å²) in [6, 6.07) is 15.3. The van der Waals surface area contributed by atoms with E-state index in [1.54, 1.807) is 11.3 Å². The van der Waals surface area contributed by atoms with Crippen LogP contribution in [0.15, 0.2) is 71.8 Å². The molecule has 0 spiro atoms. The van der Waals surface area contributed by atoms with Crippen LogP contribution in [-0.2, 0) is 10.0 Å². The average molecular weight is 490 g/mol. The molecule has 0 radical (unpaired) electrons. The Morgan fingerprint density at radius 1 is 1.03 bits per heavy atom. The van der Waals surface area contributed by atoms with E-state index in [-0.39, 0.29) is 26.5 Å². The van der Waals surface area contributed by atoms with Gasteiger partial charge in [0.05, 0.1) is 11.1 Å². The van der Waals surface area contributed by atoms with Crippen LogP contribution < -0.4 is 10.0 Å². The molecule has 164 valence electrons. The molecule has 2 aromatic heterocycles. The lowest BCUT2D eigenvalue weighted by atomic mass is 10.2. The Bertz CT molecular complexity index is 1400. The van der Waals surface area contributed by atoms with Gasteiger partial charge in [-0.05, 0) is 61.5 Å². The van der Waals surface area contributed by atoms with E-state index in [2.05, 4.69) is 20.2 Å². The van der Waals surface area contributed by atoms with Crippen LogP contribution in [-0.4, -0.2) is 28.9 Å². The maximum Gasteiger partial charge on any atom is 0.263 e. The molecule has 1 atom stereocenters. The third kappa shape index (κ3) is 4.55. The van der Waals surface area contributed by atoms with Crippen molar-refractivity contribution in [2.45, 2.75) is 17.9 Å². The van der Waals surface area contributed by atoms with Gasteiger partial charge in [-0.15, -0.1) is 10.2 Å². The van der Waals surface area contributed by atoms with Crippen LogP contribution in [0.2, 0.25) is 10.0 Å². The van der Waals surface area contributed by atoms with E-state index in [9.17, 15) is 13.2 Å². The first-order valence-corrected chi connectivity index (χ1v) is 11.7. The lowest BCUT2D eigenvalue weighted by Gasteiger charge is -2.13. The lowest BCUT2D eigenvalue weighted by molar-refractivity contribution is 0.0938. The molecule has 8 nitrogen and oxygen atoms in total. The van der Waals surface area contributed by atoms with Gasteiger partial charge >= 0.3 is 0 Å². The number of carbonyl (C=O) groups excluding carboxylic acids is 1. The summed E-state index contributed by atoms with van der Waals surface area (Å²) >= 11 is 11.9. The summed E-state index contributed by atoms with van der Waals surface area (Å²) < 4.78 is 29.5. The number of hydrogen-bond acceptors (Lipinski definition) is 5. The molecule has 11 heteroatoms. The zero-order valence-electron chi connectivity index (χ0n) is 16.7. The standard InChI is InChI=1S/C21H17Cl2N5O3S/c1-13(20-26-25-19-4-2-3-11-28(19)20)24-21(29)14-5-8-16(9-6-14)27-32(30,31)18-12-15(22)7-10-17(18)23/h2-13,27H,1H3,(H,24,29). The largest absolute Gasteiger partial charge is 0.342 e. The van der Waals surface area contributed by atoms with Gasteiger partial charge in [-0.3, -0.25) is 13.9 Å². The number of anilines is 1. The molecule has 0 fully saturated rings. The zero-order chi connectivity index (χ0) is 22.9. The molecule has 2 N–H and O–H groups in total. The number of rotatable bonds is 6. The molecule has 0 saturated carbocycles. The summed E-state index contributed by atoms with van der Waals surface area (Å²) in [6.45, 7) is 1.80. The summed E-state index contributed by atoms with van der Waals surface area (Å²) in [7, 11) is -3.95. The normalized spacial score (nSPS) is 12.5. The molecule has 4 aromatic rings. The molecule has 2 heterocycles. The number of aromatic nitrogens is 3. The fourth-order valence-corrected chi connectivity index (χ4v) is 4.90. The van der Waals surface area contributed by atoms with E-state index >= 15 is 0 Å². The highest BCUT2D eigenvalue weighted by atomic mass is 35.5. The average Bonchev–Trinajstić information content (AvgIpc) is 3.20. The Balaban J connectivity index is 1.47. The van der Waals surface area contributed by atoms with Crippen LogP contribution in [0.3, 0.4) is 0 Å². The number of halogens is 2. The second-order valence-corrected chi connectivity index (χ2v) is 9.43. The second-order valence-electron chi connectivity index (χ2n) is 6.94. The van der Waals surface area contributed by atoms with Crippen LogP contribution in [0.5, 0.6) is 0 Å². The van der Waals surface area contributed by atoms with Crippen molar-refractivity contribution in [1.29, 1.82) is 0 Å². The molecular formula is C21H17Cl2N5O3S. The van der Waals surface area contributed by atoms with Crippen molar-refractivity contribution in [1.82, 2.24) is 19.9 Å². The van der Waals surface area contributed by atoms with Gasteiger partial charge in [-0.1, -0.05) is 29.3 Å². The predicted octanol–water partition coefficient (Wildman–Crippen LogP) is 4.33. The fraction of sp³-hybridized carbons (Fsp3) is 0.0952. The van der Waals surface area contributed by atoms with Crippen molar-refractivity contribution in [3.05, 3.63) is 88.3 Å². The third-order valence-electron chi connectivity index (χ3n) is 4.66. The van der Waals surface area contributed by atoms with Crippen LogP contribution in [0.4, 0.5) is 5.69 Å². The van der Waals surface area contributed by atoms with Gasteiger partial charge in [-0.25, -0.2) is 8.42 Å². The number of carbonyl (C=O) groups is 1. The van der Waals surface area contributed by atoms with Crippen molar-refractivity contribution < 1.29 is 13.2 Å². The number of nitrogens with zero attached hydrogens (tertiary/aromatic N) is 3. The van der Waals surface area contributed by atoms with Gasteiger partial charge < -0.3 is 5.32 Å². The Hall–Kier alpha value is -3.14. The lowest BCUT2D eigenvalue weighted by Crippen LogP contribution is -2.28. The van der Waals surface area contributed by atoms with E-state index in [1.165, 1.54) is 42.5 Å². The van der Waals surface area contributed by atoms with Crippen molar-refractivity contribution in [2.75, 3.05) is 4.72 Å². The van der Waals surface area contributed by atoms with E-state index in [0.29, 0.717) is 17.0 Å². The first-order chi connectivity index (χ1) is 15.2. The summed E-state index contributed by atoms with van der Waals surface area (Å²) in [5, 5.41) is 11.4. The molecule has 0 bridgehead atoms.